The summed E-state index contributed by atoms with van der Waals surface area (Å²) in [7, 11) is 0.472. The third-order valence-corrected chi connectivity index (χ3v) is 10.1. The largest absolute Gasteiger partial charge is 0.496 e. The van der Waals surface area contributed by atoms with Gasteiger partial charge in [-0.1, -0.05) is 51.0 Å². The molecule has 1 aliphatic rings. The molecule has 1 aliphatic carbocycles. The molecule has 3 heterocycles. The zero-order valence-electron chi connectivity index (χ0n) is 25.6. The van der Waals surface area contributed by atoms with Crippen LogP contribution in [0.25, 0.3) is 33.1 Å². The van der Waals surface area contributed by atoms with E-state index in [0.29, 0.717) is 12.8 Å². The van der Waals surface area contributed by atoms with Crippen LogP contribution in [0.1, 0.15) is 43.7 Å². The molecule has 6 rings (SSSR count). The zero-order chi connectivity index (χ0) is 30.0. The van der Waals surface area contributed by atoms with E-state index in [9.17, 15) is 5.11 Å². The molecule has 1 fully saturated rings. The lowest BCUT2D eigenvalue weighted by atomic mass is 9.95. The number of methoxy groups -OCH3 is 1. The second-order valence-electron chi connectivity index (χ2n) is 12.7. The maximum absolute atomic E-state index is 9.78. The summed E-state index contributed by atoms with van der Waals surface area (Å²) >= 11 is 0. The monoisotopic (exact) mass is 598 g/mol. The minimum Gasteiger partial charge on any atom is -0.496 e. The van der Waals surface area contributed by atoms with Gasteiger partial charge in [-0.25, -0.2) is 9.67 Å². The number of fused-ring (bicyclic) bond motifs is 2. The number of pyridine rings is 1. The van der Waals surface area contributed by atoms with Gasteiger partial charge in [0.25, 0.3) is 0 Å². The Kier molecular flexibility index (Phi) is 8.51. The van der Waals surface area contributed by atoms with Crippen LogP contribution in [0, 0.1) is 0 Å². The molecule has 3 aromatic heterocycles. The minimum absolute atomic E-state index is 0.0116. The molecule has 2 N–H and O–H groups in total. The van der Waals surface area contributed by atoms with E-state index < -0.39 is 8.07 Å². The smallest absolute Gasteiger partial charge is 0.209 e. The molecule has 0 spiro atoms. The van der Waals surface area contributed by atoms with E-state index in [2.05, 4.69) is 58.8 Å². The van der Waals surface area contributed by atoms with Gasteiger partial charge in [0.1, 0.15) is 12.5 Å². The Morgan fingerprint density at radius 3 is 2.60 bits per heavy atom. The van der Waals surface area contributed by atoms with Crippen molar-refractivity contribution in [2.45, 2.75) is 77.2 Å². The summed E-state index contributed by atoms with van der Waals surface area (Å²) < 4.78 is 16.1. The Balaban J connectivity index is 1.43. The van der Waals surface area contributed by atoms with Gasteiger partial charge in [0, 0.05) is 44.1 Å². The molecular formula is C33H42N6O3Si. The van der Waals surface area contributed by atoms with Crippen LogP contribution < -0.4 is 10.1 Å². The fourth-order valence-electron chi connectivity index (χ4n) is 5.99. The molecule has 226 valence electrons. The fraction of sp³-hybridized carbons (Fsp3) is 0.424. The highest BCUT2D eigenvalue weighted by atomic mass is 28.3. The van der Waals surface area contributed by atoms with E-state index in [1.165, 1.54) is 19.3 Å². The van der Waals surface area contributed by atoms with Crippen molar-refractivity contribution in [3.63, 3.8) is 0 Å². The highest BCUT2D eigenvalue weighted by Gasteiger charge is 2.24. The average molecular weight is 599 g/mol. The van der Waals surface area contributed by atoms with Crippen molar-refractivity contribution in [2.24, 2.45) is 0 Å². The molecule has 0 aliphatic heterocycles. The van der Waals surface area contributed by atoms with E-state index in [-0.39, 0.29) is 6.61 Å². The average Bonchev–Trinajstić information content (AvgIpc) is 3.55. The number of ether oxygens (including phenoxy) is 2. The maximum Gasteiger partial charge on any atom is 0.209 e. The van der Waals surface area contributed by atoms with Crippen LogP contribution in [0.2, 0.25) is 25.7 Å². The van der Waals surface area contributed by atoms with Gasteiger partial charge >= 0.3 is 0 Å². The van der Waals surface area contributed by atoms with Crippen LogP contribution in [-0.2, 0) is 18.1 Å². The number of hydrogen-bond donors (Lipinski definition) is 2. The minimum atomic E-state index is -1.21. The molecular weight excluding hydrogens is 556 g/mol. The number of anilines is 2. The summed E-state index contributed by atoms with van der Waals surface area (Å²) in [6.07, 6.45) is 9.50. The second-order valence-corrected chi connectivity index (χ2v) is 18.3. The van der Waals surface area contributed by atoms with Crippen molar-refractivity contribution in [1.29, 1.82) is 0 Å². The van der Waals surface area contributed by atoms with E-state index in [1.807, 2.05) is 29.1 Å². The van der Waals surface area contributed by atoms with Crippen molar-refractivity contribution >= 4 is 41.8 Å². The van der Waals surface area contributed by atoms with Gasteiger partial charge < -0.3 is 24.5 Å². The summed E-state index contributed by atoms with van der Waals surface area (Å²) in [4.78, 5) is 9.41. The fourth-order valence-corrected chi connectivity index (χ4v) is 6.75. The van der Waals surface area contributed by atoms with E-state index >= 15 is 0 Å². The third kappa shape index (κ3) is 6.32. The van der Waals surface area contributed by atoms with Crippen LogP contribution in [0.5, 0.6) is 5.75 Å². The number of aromatic nitrogens is 5. The molecule has 9 nitrogen and oxygen atoms in total. The first-order valence-corrected chi connectivity index (χ1v) is 19.0. The third-order valence-electron chi connectivity index (χ3n) is 8.38. The molecule has 5 aromatic rings. The number of benzene rings is 2. The van der Waals surface area contributed by atoms with Gasteiger partial charge in [-0.2, -0.15) is 5.10 Å². The van der Waals surface area contributed by atoms with Crippen molar-refractivity contribution in [1.82, 2.24) is 24.3 Å². The summed E-state index contributed by atoms with van der Waals surface area (Å²) in [5, 5.41) is 19.4. The van der Waals surface area contributed by atoms with Crippen LogP contribution in [0.3, 0.4) is 0 Å². The predicted octanol–water partition coefficient (Wildman–Crippen LogP) is 7.51. The molecule has 10 heteroatoms. The van der Waals surface area contributed by atoms with Crippen LogP contribution >= 0.6 is 0 Å². The lowest BCUT2D eigenvalue weighted by Crippen LogP contribution is -2.22. The highest BCUT2D eigenvalue weighted by Crippen LogP contribution is 2.38. The Bertz CT molecular complexity index is 1720. The van der Waals surface area contributed by atoms with E-state index in [1.54, 1.807) is 13.3 Å². The Labute approximate surface area is 253 Å². The first kappa shape index (κ1) is 29.3. The number of aliphatic hydroxyl groups is 1. The number of hydrogen-bond acceptors (Lipinski definition) is 7. The van der Waals surface area contributed by atoms with Gasteiger partial charge in [-0.05, 0) is 60.3 Å². The normalized spacial score (nSPS) is 14.5. The number of aliphatic hydroxyl groups excluding tert-OH is 1. The molecule has 0 saturated heterocycles. The van der Waals surface area contributed by atoms with Crippen LogP contribution in [-0.4, -0.2) is 51.2 Å². The standard InChI is InChI=1S/C33H42N6O3Si/c1-41-31-14-15-34-20-27(31)24-11-13-29-26(19-24)32(37-38(29)22-42-16-17-43(2,3)4)36-33-35-28-18-23(21-40)10-12-30(28)39(33)25-8-6-5-7-9-25/h10-15,18-20,25,40H,5-9,16-17,21-22H2,1-4H3,(H,35,36,37). The Morgan fingerprint density at radius 2 is 1.84 bits per heavy atom. The number of rotatable bonds is 11. The van der Waals surface area contributed by atoms with Crippen molar-refractivity contribution in [3.8, 4) is 16.9 Å². The van der Waals surface area contributed by atoms with Crippen molar-refractivity contribution < 1.29 is 14.6 Å². The Hall–Kier alpha value is -3.73. The zero-order valence-corrected chi connectivity index (χ0v) is 26.6. The van der Waals surface area contributed by atoms with Gasteiger partial charge in [-0.3, -0.25) is 4.98 Å². The quantitative estimate of drug-likeness (QED) is 0.120. The number of nitrogens with one attached hydrogen (secondary N) is 1. The van der Waals surface area contributed by atoms with Gasteiger partial charge in [-0.15, -0.1) is 0 Å². The first-order valence-electron chi connectivity index (χ1n) is 15.3. The summed E-state index contributed by atoms with van der Waals surface area (Å²) in [6.45, 7) is 8.16. The van der Waals surface area contributed by atoms with Crippen molar-refractivity contribution in [3.05, 3.63) is 60.4 Å². The van der Waals surface area contributed by atoms with Crippen LogP contribution in [0.4, 0.5) is 11.8 Å². The second kappa shape index (κ2) is 12.5. The predicted molar refractivity (Wildman–Crippen MR) is 175 cm³/mol. The number of nitrogens with zero attached hydrogens (tertiary/aromatic N) is 5. The van der Waals surface area contributed by atoms with Gasteiger partial charge in [0.15, 0.2) is 5.82 Å². The van der Waals surface area contributed by atoms with Crippen molar-refractivity contribution in [2.75, 3.05) is 19.0 Å². The van der Waals surface area contributed by atoms with Gasteiger partial charge in [0.2, 0.25) is 5.95 Å². The van der Waals surface area contributed by atoms with E-state index in [0.717, 1.165) is 81.6 Å². The maximum atomic E-state index is 9.78. The molecule has 0 atom stereocenters. The molecule has 0 amide bonds. The molecule has 0 bridgehead atoms. The summed E-state index contributed by atoms with van der Waals surface area (Å²) in [6, 6.07) is 15.7. The molecule has 0 radical (unpaired) electrons. The van der Waals surface area contributed by atoms with Gasteiger partial charge in [0.05, 0.1) is 30.3 Å². The molecule has 1 saturated carbocycles. The SMILES string of the molecule is COc1ccncc1-c1ccc2c(c1)c(Nc1nc3cc(CO)ccc3n1C1CCCCC1)nn2COCC[Si](C)(C)C. The van der Waals surface area contributed by atoms with Crippen LogP contribution in [0.15, 0.2) is 54.9 Å². The lowest BCUT2D eigenvalue weighted by Gasteiger charge is -2.25. The molecule has 43 heavy (non-hydrogen) atoms. The highest BCUT2D eigenvalue weighted by molar-refractivity contribution is 6.76. The Morgan fingerprint density at radius 1 is 1.02 bits per heavy atom. The lowest BCUT2D eigenvalue weighted by molar-refractivity contribution is 0.0819. The summed E-state index contributed by atoms with van der Waals surface area (Å²) in [5.74, 6) is 2.26. The first-order chi connectivity index (χ1) is 20.8. The molecule has 2 aromatic carbocycles. The summed E-state index contributed by atoms with van der Waals surface area (Å²) in [5.41, 5.74) is 5.69. The number of imidazole rings is 1. The topological polar surface area (TPSA) is 99.2 Å². The molecule has 0 unspecified atom stereocenters. The van der Waals surface area contributed by atoms with E-state index in [4.69, 9.17) is 19.6 Å².